The lowest BCUT2D eigenvalue weighted by molar-refractivity contribution is -0.113. The molecular formula is C15H16ClN3O2S2. The van der Waals surface area contributed by atoms with Crippen LogP contribution in [-0.4, -0.2) is 29.1 Å². The molecule has 122 valence electrons. The molecule has 5 nitrogen and oxygen atoms in total. The fraction of sp³-hybridized carbons (Fsp3) is 0.267. The van der Waals surface area contributed by atoms with Gasteiger partial charge in [0, 0.05) is 23.3 Å². The fourth-order valence-electron chi connectivity index (χ4n) is 1.76. The first-order chi connectivity index (χ1) is 11.0. The molecule has 0 aliphatic rings. The molecule has 0 unspecified atom stereocenters. The molecule has 0 aliphatic carbocycles. The molecule has 2 amide bonds. The largest absolute Gasteiger partial charge is 0.352 e. The summed E-state index contributed by atoms with van der Waals surface area (Å²) < 4.78 is 0.863. The van der Waals surface area contributed by atoms with Crippen molar-refractivity contribution in [3.63, 3.8) is 0 Å². The molecule has 1 aromatic carbocycles. The molecule has 0 fully saturated rings. The number of thioether (sulfide) groups is 1. The third kappa shape index (κ3) is 5.23. The highest BCUT2D eigenvalue weighted by molar-refractivity contribution is 8.01. The second kappa shape index (κ2) is 8.33. The average molecular weight is 370 g/mol. The predicted molar refractivity (Wildman–Crippen MR) is 95.7 cm³/mol. The molecule has 0 aliphatic heterocycles. The monoisotopic (exact) mass is 369 g/mol. The number of hydrogen-bond acceptors (Lipinski definition) is 5. The van der Waals surface area contributed by atoms with Crippen molar-refractivity contribution in [1.29, 1.82) is 0 Å². The summed E-state index contributed by atoms with van der Waals surface area (Å²) in [6.45, 7) is 4.28. The van der Waals surface area contributed by atoms with Crippen molar-refractivity contribution in [2.75, 3.05) is 17.6 Å². The van der Waals surface area contributed by atoms with E-state index >= 15 is 0 Å². The molecule has 23 heavy (non-hydrogen) atoms. The molecule has 0 bridgehead atoms. The van der Waals surface area contributed by atoms with Crippen LogP contribution in [0.4, 0.5) is 5.69 Å². The molecule has 1 heterocycles. The van der Waals surface area contributed by atoms with Crippen LogP contribution in [0.2, 0.25) is 5.02 Å². The number of halogens is 1. The van der Waals surface area contributed by atoms with Gasteiger partial charge in [-0.2, -0.15) is 0 Å². The highest BCUT2D eigenvalue weighted by Gasteiger charge is 2.11. The Morgan fingerprint density at radius 3 is 2.78 bits per heavy atom. The standard InChI is InChI=1S/C15H16ClN3O2S2/c1-3-17-14(21)11-5-4-10(6-12(11)16)19-13(20)8-23-15-18-9(2)7-22-15/h4-7H,3,8H2,1-2H3,(H,17,21)(H,19,20). The smallest absolute Gasteiger partial charge is 0.252 e. The van der Waals surface area contributed by atoms with Crippen LogP contribution >= 0.6 is 34.7 Å². The molecule has 2 rings (SSSR count). The molecule has 0 atom stereocenters. The van der Waals surface area contributed by atoms with Gasteiger partial charge in [-0.25, -0.2) is 4.98 Å². The molecule has 0 saturated carbocycles. The predicted octanol–water partition coefficient (Wildman–Crippen LogP) is 3.59. The number of anilines is 1. The van der Waals surface area contributed by atoms with Gasteiger partial charge in [0.25, 0.3) is 5.91 Å². The van der Waals surface area contributed by atoms with Gasteiger partial charge >= 0.3 is 0 Å². The van der Waals surface area contributed by atoms with E-state index in [1.165, 1.54) is 23.1 Å². The minimum Gasteiger partial charge on any atom is -0.352 e. The maximum absolute atomic E-state index is 11.9. The van der Waals surface area contributed by atoms with Crippen LogP contribution < -0.4 is 10.6 Å². The van der Waals surface area contributed by atoms with E-state index in [-0.39, 0.29) is 17.6 Å². The van der Waals surface area contributed by atoms with E-state index in [1.807, 2.05) is 19.2 Å². The molecule has 0 saturated heterocycles. The summed E-state index contributed by atoms with van der Waals surface area (Å²) in [7, 11) is 0. The van der Waals surface area contributed by atoms with Gasteiger partial charge in [0.1, 0.15) is 0 Å². The van der Waals surface area contributed by atoms with E-state index < -0.39 is 0 Å². The third-order valence-corrected chi connectivity index (χ3v) is 5.21. The molecule has 1 aromatic heterocycles. The number of benzene rings is 1. The van der Waals surface area contributed by atoms with Gasteiger partial charge in [-0.05, 0) is 32.0 Å². The van der Waals surface area contributed by atoms with Crippen LogP contribution in [0.1, 0.15) is 23.0 Å². The lowest BCUT2D eigenvalue weighted by Gasteiger charge is -2.08. The highest BCUT2D eigenvalue weighted by atomic mass is 35.5. The van der Waals surface area contributed by atoms with E-state index in [9.17, 15) is 9.59 Å². The Bertz CT molecular complexity index is 718. The number of nitrogens with one attached hydrogen (secondary N) is 2. The summed E-state index contributed by atoms with van der Waals surface area (Å²) in [4.78, 5) is 28.0. The molecule has 2 aromatic rings. The van der Waals surface area contributed by atoms with Gasteiger partial charge in [0.15, 0.2) is 4.34 Å². The maximum atomic E-state index is 11.9. The quantitative estimate of drug-likeness (QED) is 0.763. The number of carbonyl (C=O) groups excluding carboxylic acids is 2. The lowest BCUT2D eigenvalue weighted by Crippen LogP contribution is -2.23. The number of thiazole rings is 1. The Hall–Kier alpha value is -1.57. The van der Waals surface area contributed by atoms with Gasteiger partial charge in [-0.1, -0.05) is 23.4 Å². The van der Waals surface area contributed by atoms with Crippen LogP contribution in [0.5, 0.6) is 0 Å². The fourth-order valence-corrected chi connectivity index (χ4v) is 3.67. The lowest BCUT2D eigenvalue weighted by atomic mass is 10.2. The summed E-state index contributed by atoms with van der Waals surface area (Å²) >= 11 is 9.00. The SMILES string of the molecule is CCNC(=O)c1ccc(NC(=O)CSc2nc(C)cs2)cc1Cl. The number of aryl methyl sites for hydroxylation is 1. The van der Waals surface area contributed by atoms with Gasteiger partial charge in [0.2, 0.25) is 5.91 Å². The number of aromatic nitrogens is 1. The van der Waals surface area contributed by atoms with Crippen molar-refractivity contribution in [1.82, 2.24) is 10.3 Å². The van der Waals surface area contributed by atoms with Crippen molar-refractivity contribution in [3.05, 3.63) is 39.9 Å². The minimum atomic E-state index is -0.231. The Morgan fingerprint density at radius 2 is 2.17 bits per heavy atom. The average Bonchev–Trinajstić information content (AvgIpc) is 2.91. The molecular weight excluding hydrogens is 354 g/mol. The Morgan fingerprint density at radius 1 is 1.39 bits per heavy atom. The van der Waals surface area contributed by atoms with E-state index in [4.69, 9.17) is 11.6 Å². The van der Waals surface area contributed by atoms with Gasteiger partial charge in [0.05, 0.1) is 16.3 Å². The number of amides is 2. The zero-order valence-corrected chi connectivity index (χ0v) is 15.1. The van der Waals surface area contributed by atoms with Crippen LogP contribution in [-0.2, 0) is 4.79 Å². The maximum Gasteiger partial charge on any atom is 0.252 e. The second-order valence-corrected chi connectivity index (χ2v) is 7.13. The highest BCUT2D eigenvalue weighted by Crippen LogP contribution is 2.24. The number of rotatable bonds is 6. The van der Waals surface area contributed by atoms with Crippen molar-refractivity contribution in [3.8, 4) is 0 Å². The molecule has 8 heteroatoms. The van der Waals surface area contributed by atoms with Crippen molar-refractivity contribution in [2.24, 2.45) is 0 Å². The van der Waals surface area contributed by atoms with E-state index in [1.54, 1.807) is 18.2 Å². The van der Waals surface area contributed by atoms with Gasteiger partial charge in [-0.15, -0.1) is 11.3 Å². The van der Waals surface area contributed by atoms with E-state index in [2.05, 4.69) is 15.6 Å². The van der Waals surface area contributed by atoms with Crippen molar-refractivity contribution >= 4 is 52.2 Å². The van der Waals surface area contributed by atoms with Crippen LogP contribution in [0.25, 0.3) is 0 Å². The first-order valence-corrected chi connectivity index (χ1v) is 9.16. The number of carbonyl (C=O) groups is 2. The van der Waals surface area contributed by atoms with Crippen molar-refractivity contribution in [2.45, 2.75) is 18.2 Å². The first kappa shape index (κ1) is 17.8. The topological polar surface area (TPSA) is 71.1 Å². The van der Waals surface area contributed by atoms with Crippen LogP contribution in [0.15, 0.2) is 27.9 Å². The third-order valence-electron chi connectivity index (χ3n) is 2.76. The molecule has 2 N–H and O–H groups in total. The summed E-state index contributed by atoms with van der Waals surface area (Å²) in [6, 6.07) is 4.83. The molecule has 0 radical (unpaired) electrons. The molecule has 0 spiro atoms. The van der Waals surface area contributed by atoms with Gasteiger partial charge < -0.3 is 10.6 Å². The summed E-state index contributed by atoms with van der Waals surface area (Å²) in [5.74, 6) is -0.113. The first-order valence-electron chi connectivity index (χ1n) is 6.92. The van der Waals surface area contributed by atoms with Crippen molar-refractivity contribution < 1.29 is 9.59 Å². The van der Waals surface area contributed by atoms with E-state index in [0.717, 1.165) is 10.0 Å². The summed E-state index contributed by atoms with van der Waals surface area (Å²) in [5.41, 5.74) is 1.90. The summed E-state index contributed by atoms with van der Waals surface area (Å²) in [5, 5.41) is 7.69. The Kier molecular flexibility index (Phi) is 6.44. The minimum absolute atomic E-state index is 0.148. The zero-order chi connectivity index (χ0) is 16.8. The van der Waals surface area contributed by atoms with Crippen LogP contribution in [0, 0.1) is 6.92 Å². The van der Waals surface area contributed by atoms with E-state index in [0.29, 0.717) is 22.8 Å². The second-order valence-electron chi connectivity index (χ2n) is 4.65. The normalized spacial score (nSPS) is 10.4. The number of hydrogen-bond donors (Lipinski definition) is 2. The zero-order valence-electron chi connectivity index (χ0n) is 12.7. The summed E-state index contributed by atoms with van der Waals surface area (Å²) in [6.07, 6.45) is 0. The Labute approximate surface area is 147 Å². The van der Waals surface area contributed by atoms with Crippen LogP contribution in [0.3, 0.4) is 0 Å². The number of nitrogens with zero attached hydrogens (tertiary/aromatic N) is 1. The van der Waals surface area contributed by atoms with Gasteiger partial charge in [-0.3, -0.25) is 9.59 Å². The Balaban J connectivity index is 1.93.